The van der Waals surface area contributed by atoms with Crippen molar-refractivity contribution < 1.29 is 0 Å². The van der Waals surface area contributed by atoms with Crippen LogP contribution in [0.2, 0.25) is 0 Å². The van der Waals surface area contributed by atoms with Crippen LogP contribution in [-0.4, -0.2) is 79.3 Å². The molecule has 0 atom stereocenters. The lowest BCUT2D eigenvalue weighted by Crippen LogP contribution is -2.42. The SMILES string of the molecule is CN1CCCN2CCN(C)P1N(C)CC2. The third-order valence-electron chi connectivity index (χ3n) is 3.35. The molecule has 0 spiro atoms. The Morgan fingerprint density at radius 1 is 0.667 bits per heavy atom. The fraction of sp³-hybridized carbons (Fsp3) is 1.00. The molecule has 3 heterocycles. The zero-order valence-corrected chi connectivity index (χ0v) is 11.1. The number of fused-ring (bicyclic) bond motifs is 7. The second-order valence-electron chi connectivity index (χ2n) is 4.61. The van der Waals surface area contributed by atoms with Gasteiger partial charge in [0.2, 0.25) is 0 Å². The average molecular weight is 230 g/mol. The van der Waals surface area contributed by atoms with E-state index in [9.17, 15) is 0 Å². The van der Waals surface area contributed by atoms with E-state index >= 15 is 0 Å². The van der Waals surface area contributed by atoms with Crippen LogP contribution in [0, 0.1) is 0 Å². The van der Waals surface area contributed by atoms with Crippen molar-refractivity contribution in [2.45, 2.75) is 6.42 Å². The highest BCUT2D eigenvalue weighted by molar-refractivity contribution is 7.50. The number of nitrogens with zero attached hydrogens (tertiary/aromatic N) is 4. The first-order valence-corrected chi connectivity index (χ1v) is 7.04. The highest BCUT2D eigenvalue weighted by atomic mass is 31.2. The molecule has 0 radical (unpaired) electrons. The van der Waals surface area contributed by atoms with Gasteiger partial charge in [0.15, 0.2) is 0 Å². The van der Waals surface area contributed by atoms with Gasteiger partial charge in [-0.2, -0.15) is 0 Å². The molecule has 0 unspecified atom stereocenters. The number of rotatable bonds is 0. The van der Waals surface area contributed by atoms with Crippen molar-refractivity contribution in [2.24, 2.45) is 0 Å². The molecule has 88 valence electrons. The molecule has 15 heavy (non-hydrogen) atoms. The van der Waals surface area contributed by atoms with Gasteiger partial charge in [-0.25, -0.2) is 0 Å². The van der Waals surface area contributed by atoms with Gasteiger partial charge >= 0.3 is 0 Å². The van der Waals surface area contributed by atoms with E-state index in [0.717, 1.165) is 0 Å². The van der Waals surface area contributed by atoms with E-state index < -0.39 is 0 Å². The molecule has 3 saturated heterocycles. The molecule has 0 aromatic heterocycles. The molecule has 3 fully saturated rings. The molecule has 0 aliphatic carbocycles. The fourth-order valence-electron chi connectivity index (χ4n) is 2.48. The monoisotopic (exact) mass is 230 g/mol. The standard InChI is InChI=1S/C10H23N4P/c1-11-5-4-6-14-9-7-12(2)15(11)13(3)8-10-14/h4-10H2,1-3H3. The van der Waals surface area contributed by atoms with E-state index in [4.69, 9.17) is 0 Å². The molecule has 3 rings (SSSR count). The Balaban J connectivity index is 2.17. The zero-order chi connectivity index (χ0) is 10.8. The van der Waals surface area contributed by atoms with E-state index in [1.807, 2.05) is 0 Å². The van der Waals surface area contributed by atoms with Crippen molar-refractivity contribution in [3.05, 3.63) is 0 Å². The van der Waals surface area contributed by atoms with E-state index in [-0.39, 0.29) is 8.37 Å². The summed E-state index contributed by atoms with van der Waals surface area (Å²) in [5, 5.41) is 0. The summed E-state index contributed by atoms with van der Waals surface area (Å²) in [6, 6.07) is 0. The fourth-order valence-corrected chi connectivity index (χ4v) is 4.90. The van der Waals surface area contributed by atoms with Gasteiger partial charge < -0.3 is 4.90 Å². The average Bonchev–Trinajstić information content (AvgIpc) is 2.29. The molecule has 0 N–H and O–H groups in total. The second kappa shape index (κ2) is 5.07. The van der Waals surface area contributed by atoms with Crippen LogP contribution in [-0.2, 0) is 0 Å². The molecule has 2 bridgehead atoms. The summed E-state index contributed by atoms with van der Waals surface area (Å²) in [4.78, 5) is 2.61. The van der Waals surface area contributed by atoms with E-state index in [2.05, 4.69) is 40.1 Å². The normalized spacial score (nSPS) is 37.0. The van der Waals surface area contributed by atoms with Crippen LogP contribution in [0.25, 0.3) is 0 Å². The zero-order valence-electron chi connectivity index (χ0n) is 10.2. The lowest BCUT2D eigenvalue weighted by atomic mass is 10.3. The minimum absolute atomic E-state index is 0.205. The van der Waals surface area contributed by atoms with E-state index in [1.165, 1.54) is 45.7 Å². The van der Waals surface area contributed by atoms with Crippen LogP contribution in [0.5, 0.6) is 0 Å². The minimum atomic E-state index is -0.205. The third-order valence-corrected chi connectivity index (χ3v) is 5.78. The maximum absolute atomic E-state index is 2.61. The maximum atomic E-state index is 2.61. The molecule has 0 aromatic carbocycles. The van der Waals surface area contributed by atoms with Gasteiger partial charge in [-0.1, -0.05) is 0 Å². The van der Waals surface area contributed by atoms with Crippen LogP contribution in [0.4, 0.5) is 0 Å². The highest BCUT2D eigenvalue weighted by Crippen LogP contribution is 2.45. The van der Waals surface area contributed by atoms with Crippen molar-refractivity contribution in [1.82, 2.24) is 18.9 Å². The largest absolute Gasteiger partial charge is 0.301 e. The summed E-state index contributed by atoms with van der Waals surface area (Å²) in [7, 11) is 6.62. The predicted octanol–water partition coefficient (Wildman–Crippen LogP) is 0.728. The molecule has 0 aromatic rings. The summed E-state index contributed by atoms with van der Waals surface area (Å²) in [6.07, 6.45) is 1.32. The van der Waals surface area contributed by atoms with Crippen LogP contribution >= 0.6 is 8.37 Å². The Kier molecular flexibility index (Phi) is 3.97. The Morgan fingerprint density at radius 2 is 1.20 bits per heavy atom. The lowest BCUT2D eigenvalue weighted by Gasteiger charge is -2.41. The lowest BCUT2D eigenvalue weighted by molar-refractivity contribution is 0.234. The van der Waals surface area contributed by atoms with Crippen molar-refractivity contribution in [2.75, 3.05) is 60.4 Å². The van der Waals surface area contributed by atoms with Crippen molar-refractivity contribution in [3.63, 3.8) is 0 Å². The molecule has 4 nitrogen and oxygen atoms in total. The van der Waals surface area contributed by atoms with Gasteiger partial charge in [-0.15, -0.1) is 0 Å². The third kappa shape index (κ3) is 2.69. The smallest absolute Gasteiger partial charge is 0.119 e. The predicted molar refractivity (Wildman–Crippen MR) is 65.9 cm³/mol. The molecular formula is C10H23N4P. The van der Waals surface area contributed by atoms with Gasteiger partial charge in [-0.3, -0.25) is 14.0 Å². The second-order valence-corrected chi connectivity index (χ2v) is 7.19. The molecule has 0 amide bonds. The Labute approximate surface area is 94.7 Å². The Hall–Kier alpha value is 0.270. The summed E-state index contributed by atoms with van der Waals surface area (Å²) in [6.45, 7) is 7.42. The van der Waals surface area contributed by atoms with E-state index in [0.29, 0.717) is 0 Å². The van der Waals surface area contributed by atoms with Crippen molar-refractivity contribution >= 4 is 8.37 Å². The van der Waals surface area contributed by atoms with E-state index in [1.54, 1.807) is 0 Å². The molecule has 3 aliphatic heterocycles. The molecule has 3 aliphatic rings. The van der Waals surface area contributed by atoms with Gasteiger partial charge in [0.1, 0.15) is 8.37 Å². The topological polar surface area (TPSA) is 13.0 Å². The van der Waals surface area contributed by atoms with Crippen LogP contribution in [0.15, 0.2) is 0 Å². The van der Waals surface area contributed by atoms with Gasteiger partial charge in [0.25, 0.3) is 0 Å². The maximum Gasteiger partial charge on any atom is 0.119 e. The first-order chi connectivity index (χ1) is 7.18. The van der Waals surface area contributed by atoms with Crippen molar-refractivity contribution in [3.8, 4) is 0 Å². The van der Waals surface area contributed by atoms with Gasteiger partial charge in [0.05, 0.1) is 0 Å². The highest BCUT2D eigenvalue weighted by Gasteiger charge is 2.28. The Bertz CT molecular complexity index is 194. The molecule has 5 heteroatoms. The first-order valence-electron chi connectivity index (χ1n) is 5.84. The van der Waals surface area contributed by atoms with Crippen molar-refractivity contribution in [1.29, 1.82) is 0 Å². The van der Waals surface area contributed by atoms with Gasteiger partial charge in [0, 0.05) is 32.7 Å². The first kappa shape index (κ1) is 11.7. The van der Waals surface area contributed by atoms with Crippen LogP contribution in [0.1, 0.15) is 6.42 Å². The van der Waals surface area contributed by atoms with Crippen LogP contribution < -0.4 is 0 Å². The van der Waals surface area contributed by atoms with Crippen LogP contribution in [0.3, 0.4) is 0 Å². The van der Waals surface area contributed by atoms with Gasteiger partial charge in [-0.05, 0) is 34.1 Å². The Morgan fingerprint density at radius 3 is 1.80 bits per heavy atom. The summed E-state index contributed by atoms with van der Waals surface area (Å²) >= 11 is 0. The summed E-state index contributed by atoms with van der Waals surface area (Å²) in [5.41, 5.74) is 0. The summed E-state index contributed by atoms with van der Waals surface area (Å²) in [5.74, 6) is 0. The quantitative estimate of drug-likeness (QED) is 0.569. The number of hydrogen-bond acceptors (Lipinski definition) is 4. The number of hydrogen-bond donors (Lipinski definition) is 0. The summed E-state index contributed by atoms with van der Waals surface area (Å²) < 4.78 is 7.61. The molecular weight excluding hydrogens is 207 g/mol. The molecule has 0 saturated carbocycles. The number of likely N-dealkylation sites (N-methyl/N-ethyl adjacent to an activating group) is 2. The minimum Gasteiger partial charge on any atom is -0.301 e.